The molecule has 1 aromatic heterocycles. The Labute approximate surface area is 163 Å². The lowest BCUT2D eigenvalue weighted by atomic mass is 10.2. The molecule has 2 aromatic carbocycles. The highest BCUT2D eigenvalue weighted by molar-refractivity contribution is 9.10. The van der Waals surface area contributed by atoms with Gasteiger partial charge in [-0.3, -0.25) is 4.79 Å². The van der Waals surface area contributed by atoms with Crippen molar-refractivity contribution >= 4 is 56.8 Å². The Kier molecular flexibility index (Phi) is 5.63. The molecule has 0 spiro atoms. The number of nitrogens with one attached hydrogen (secondary N) is 1. The number of rotatable bonds is 4. The average molecular weight is 437 g/mol. The summed E-state index contributed by atoms with van der Waals surface area (Å²) in [7, 11) is 0. The second kappa shape index (κ2) is 7.91. The predicted molar refractivity (Wildman–Crippen MR) is 106 cm³/mol. The number of anilines is 1. The van der Waals surface area contributed by atoms with Gasteiger partial charge >= 0.3 is 0 Å². The number of halogens is 3. The first kappa shape index (κ1) is 17.8. The molecule has 1 amide bonds. The summed E-state index contributed by atoms with van der Waals surface area (Å²) >= 11 is 15.4. The number of amides is 1. The third kappa shape index (κ3) is 4.98. The lowest BCUT2D eigenvalue weighted by molar-refractivity contribution is -0.111. The SMILES string of the molecule is O=C(/C=C/c1ccc(-c2cc(Cl)cc(Cl)c2)o1)Nc1cccc(Br)c1. The Bertz CT molecular complexity index is 930. The highest BCUT2D eigenvalue weighted by atomic mass is 79.9. The van der Waals surface area contributed by atoms with Crippen LogP contribution in [0.4, 0.5) is 5.69 Å². The zero-order chi connectivity index (χ0) is 17.8. The molecule has 0 bridgehead atoms. The van der Waals surface area contributed by atoms with Gasteiger partial charge in [0.15, 0.2) is 0 Å². The van der Waals surface area contributed by atoms with Crippen LogP contribution in [0, 0.1) is 0 Å². The van der Waals surface area contributed by atoms with Gasteiger partial charge in [-0.2, -0.15) is 0 Å². The summed E-state index contributed by atoms with van der Waals surface area (Å²) < 4.78 is 6.60. The third-order valence-corrected chi connectivity index (χ3v) is 4.19. The van der Waals surface area contributed by atoms with Crippen LogP contribution in [0.1, 0.15) is 5.76 Å². The monoisotopic (exact) mass is 435 g/mol. The molecule has 0 radical (unpaired) electrons. The zero-order valence-electron chi connectivity index (χ0n) is 12.8. The van der Waals surface area contributed by atoms with E-state index in [1.165, 1.54) is 6.08 Å². The fourth-order valence-corrected chi connectivity index (χ4v) is 3.13. The van der Waals surface area contributed by atoms with E-state index in [1.807, 2.05) is 24.3 Å². The van der Waals surface area contributed by atoms with Gasteiger partial charge in [-0.05, 0) is 54.6 Å². The first-order chi connectivity index (χ1) is 12.0. The Morgan fingerprint density at radius 3 is 2.52 bits per heavy atom. The minimum absolute atomic E-state index is 0.248. The summed E-state index contributed by atoms with van der Waals surface area (Å²) in [5.74, 6) is 0.925. The topological polar surface area (TPSA) is 42.2 Å². The molecule has 0 saturated carbocycles. The van der Waals surface area contributed by atoms with Gasteiger partial charge in [0.2, 0.25) is 5.91 Å². The Hall–Kier alpha value is -2.01. The van der Waals surface area contributed by atoms with Crippen LogP contribution in [0.2, 0.25) is 10.0 Å². The molecule has 0 aliphatic rings. The van der Waals surface area contributed by atoms with Gasteiger partial charge in [0.05, 0.1) is 0 Å². The Morgan fingerprint density at radius 1 is 1.04 bits per heavy atom. The molecule has 0 saturated heterocycles. The van der Waals surface area contributed by atoms with Crippen molar-refractivity contribution in [3.05, 3.63) is 81.0 Å². The molecule has 1 N–H and O–H groups in total. The Balaban J connectivity index is 1.70. The molecule has 0 aliphatic heterocycles. The predicted octanol–water partition coefficient (Wildman–Crippen LogP) is 6.67. The van der Waals surface area contributed by atoms with Crippen molar-refractivity contribution in [2.75, 3.05) is 5.32 Å². The van der Waals surface area contributed by atoms with E-state index in [9.17, 15) is 4.79 Å². The Morgan fingerprint density at radius 2 is 1.80 bits per heavy atom. The second-order valence-corrected chi connectivity index (χ2v) is 6.98. The van der Waals surface area contributed by atoms with Crippen molar-refractivity contribution in [3.8, 4) is 11.3 Å². The van der Waals surface area contributed by atoms with Gasteiger partial charge in [0.1, 0.15) is 11.5 Å². The molecule has 126 valence electrons. The average Bonchev–Trinajstić information content (AvgIpc) is 3.01. The number of benzene rings is 2. The maximum absolute atomic E-state index is 12.0. The molecule has 0 atom stereocenters. The maximum atomic E-state index is 12.0. The highest BCUT2D eigenvalue weighted by Gasteiger charge is 2.06. The molecule has 3 nitrogen and oxygen atoms in total. The molecule has 0 unspecified atom stereocenters. The van der Waals surface area contributed by atoms with Gasteiger partial charge in [0, 0.05) is 31.8 Å². The molecule has 3 rings (SSSR count). The molecular weight excluding hydrogens is 425 g/mol. The van der Waals surface area contributed by atoms with Crippen LogP contribution < -0.4 is 5.32 Å². The summed E-state index contributed by atoms with van der Waals surface area (Å²) in [5.41, 5.74) is 1.48. The number of hydrogen-bond acceptors (Lipinski definition) is 2. The normalized spacial score (nSPS) is 11.0. The van der Waals surface area contributed by atoms with Crippen molar-refractivity contribution in [3.63, 3.8) is 0 Å². The van der Waals surface area contributed by atoms with E-state index < -0.39 is 0 Å². The van der Waals surface area contributed by atoms with E-state index >= 15 is 0 Å². The van der Waals surface area contributed by atoms with Gasteiger partial charge in [0.25, 0.3) is 0 Å². The van der Waals surface area contributed by atoms with Crippen LogP contribution in [0.15, 0.2) is 69.6 Å². The molecule has 3 aromatic rings. The van der Waals surface area contributed by atoms with Crippen molar-refractivity contribution < 1.29 is 9.21 Å². The largest absolute Gasteiger partial charge is 0.457 e. The van der Waals surface area contributed by atoms with Crippen LogP contribution in [-0.2, 0) is 4.79 Å². The van der Waals surface area contributed by atoms with Crippen molar-refractivity contribution in [2.45, 2.75) is 0 Å². The van der Waals surface area contributed by atoms with Crippen LogP contribution in [0.5, 0.6) is 0 Å². The van der Waals surface area contributed by atoms with Crippen molar-refractivity contribution in [2.24, 2.45) is 0 Å². The standard InChI is InChI=1S/C19H12BrCl2NO2/c20-13-2-1-3-16(10-13)23-19(24)7-5-17-4-6-18(25-17)12-8-14(21)11-15(22)9-12/h1-11H,(H,23,24)/b7-5+. The van der Waals surface area contributed by atoms with Crippen LogP contribution in [0.25, 0.3) is 17.4 Å². The van der Waals surface area contributed by atoms with E-state index in [4.69, 9.17) is 27.6 Å². The lowest BCUT2D eigenvalue weighted by Gasteiger charge is -2.01. The lowest BCUT2D eigenvalue weighted by Crippen LogP contribution is -2.07. The van der Waals surface area contributed by atoms with Gasteiger partial charge in [-0.25, -0.2) is 0 Å². The first-order valence-corrected chi connectivity index (χ1v) is 8.85. The second-order valence-electron chi connectivity index (χ2n) is 5.19. The number of carbonyl (C=O) groups is 1. The number of carbonyl (C=O) groups excluding carboxylic acids is 1. The van der Waals surface area contributed by atoms with E-state index in [1.54, 1.807) is 36.4 Å². The first-order valence-electron chi connectivity index (χ1n) is 7.30. The quantitative estimate of drug-likeness (QED) is 0.464. The summed E-state index contributed by atoms with van der Waals surface area (Å²) in [6.07, 6.45) is 3.01. The van der Waals surface area contributed by atoms with Gasteiger partial charge < -0.3 is 9.73 Å². The molecule has 1 heterocycles. The van der Waals surface area contributed by atoms with Crippen LogP contribution in [-0.4, -0.2) is 5.91 Å². The molecule has 0 aliphatic carbocycles. The minimum Gasteiger partial charge on any atom is -0.457 e. The molecule has 0 fully saturated rings. The van der Waals surface area contributed by atoms with Crippen LogP contribution in [0.3, 0.4) is 0 Å². The summed E-state index contributed by atoms with van der Waals surface area (Å²) in [6, 6.07) is 16.1. The van der Waals surface area contributed by atoms with E-state index in [0.717, 1.165) is 10.0 Å². The number of hydrogen-bond donors (Lipinski definition) is 1. The van der Waals surface area contributed by atoms with Gasteiger partial charge in [-0.1, -0.05) is 45.2 Å². The summed E-state index contributed by atoms with van der Waals surface area (Å²) in [4.78, 5) is 12.0. The molecular formula is C19H12BrCl2NO2. The smallest absolute Gasteiger partial charge is 0.248 e. The van der Waals surface area contributed by atoms with Gasteiger partial charge in [-0.15, -0.1) is 0 Å². The fraction of sp³-hybridized carbons (Fsp3) is 0. The minimum atomic E-state index is -0.248. The third-order valence-electron chi connectivity index (χ3n) is 3.26. The van der Waals surface area contributed by atoms with E-state index in [2.05, 4.69) is 21.2 Å². The zero-order valence-corrected chi connectivity index (χ0v) is 15.9. The highest BCUT2D eigenvalue weighted by Crippen LogP contribution is 2.29. The van der Waals surface area contributed by atoms with Crippen molar-refractivity contribution in [1.29, 1.82) is 0 Å². The summed E-state index contributed by atoms with van der Waals surface area (Å²) in [6.45, 7) is 0. The molecule has 6 heteroatoms. The number of furan rings is 1. The fourth-order valence-electron chi connectivity index (χ4n) is 2.20. The van der Waals surface area contributed by atoms with E-state index in [0.29, 0.717) is 27.3 Å². The van der Waals surface area contributed by atoms with Crippen LogP contribution >= 0.6 is 39.1 Å². The van der Waals surface area contributed by atoms with Crippen molar-refractivity contribution in [1.82, 2.24) is 0 Å². The summed E-state index contributed by atoms with van der Waals surface area (Å²) in [5, 5.41) is 3.84. The molecule has 25 heavy (non-hydrogen) atoms. The van der Waals surface area contributed by atoms with E-state index in [-0.39, 0.29) is 5.91 Å². The maximum Gasteiger partial charge on any atom is 0.248 e.